The fourth-order valence-corrected chi connectivity index (χ4v) is 0.809. The zero-order chi connectivity index (χ0) is 6.69. The molecule has 48 valence electrons. The van der Waals surface area contributed by atoms with Gasteiger partial charge in [-0.05, 0) is 0 Å². The van der Waals surface area contributed by atoms with Crippen molar-refractivity contribution in [3.8, 4) is 0 Å². The van der Waals surface area contributed by atoms with E-state index in [9.17, 15) is 4.39 Å². The second-order valence-electron chi connectivity index (χ2n) is 1.47. The van der Waals surface area contributed by atoms with Gasteiger partial charge < -0.3 is 0 Å². The van der Waals surface area contributed by atoms with Gasteiger partial charge >= 0.3 is 0 Å². The molecule has 0 bridgehead atoms. The Bertz CT molecular complexity index is 204. The molecule has 0 radical (unpaired) electrons. The van der Waals surface area contributed by atoms with Crippen LogP contribution in [0.5, 0.6) is 0 Å². The van der Waals surface area contributed by atoms with Crippen LogP contribution in [0.1, 0.15) is 5.56 Å². The van der Waals surface area contributed by atoms with E-state index in [2.05, 4.69) is 25.9 Å². The lowest BCUT2D eigenvalue weighted by Crippen LogP contribution is -1.90. The molecular weight excluding hydrogens is 187 g/mol. The molecule has 1 aromatic rings. The highest BCUT2D eigenvalue weighted by atomic mass is 79.9. The Kier molecular flexibility index (Phi) is 2.10. The van der Waals surface area contributed by atoms with Crippen LogP contribution in [0.3, 0.4) is 0 Å². The van der Waals surface area contributed by atoms with Crippen LogP contribution in [-0.4, -0.2) is 9.97 Å². The van der Waals surface area contributed by atoms with E-state index < -0.39 is 5.95 Å². The monoisotopic (exact) mass is 190 g/mol. The predicted molar refractivity (Wildman–Crippen MR) is 34.6 cm³/mol. The number of hydrogen-bond donors (Lipinski definition) is 0. The molecule has 0 saturated heterocycles. The van der Waals surface area contributed by atoms with E-state index in [0.717, 1.165) is 0 Å². The molecule has 0 unspecified atom stereocenters. The molecule has 0 aromatic carbocycles. The smallest absolute Gasteiger partial charge is 0.219 e. The van der Waals surface area contributed by atoms with Crippen LogP contribution in [0, 0.1) is 5.95 Å². The zero-order valence-corrected chi connectivity index (χ0v) is 6.10. The summed E-state index contributed by atoms with van der Waals surface area (Å²) in [6.45, 7) is 0. The summed E-state index contributed by atoms with van der Waals surface area (Å²) in [6.07, 6.45) is 2.62. The van der Waals surface area contributed by atoms with Crippen LogP contribution in [0.4, 0.5) is 4.39 Å². The fourth-order valence-electron chi connectivity index (χ4n) is 0.433. The van der Waals surface area contributed by atoms with E-state index in [0.29, 0.717) is 10.9 Å². The van der Waals surface area contributed by atoms with Gasteiger partial charge in [-0.1, -0.05) is 15.9 Å². The summed E-state index contributed by atoms with van der Waals surface area (Å²) in [5.41, 5.74) is 0.484. The SMILES string of the molecule is Fc1ncncc1CBr. The van der Waals surface area contributed by atoms with Gasteiger partial charge in [-0.3, -0.25) is 0 Å². The average molecular weight is 191 g/mol. The lowest BCUT2D eigenvalue weighted by Gasteiger charge is -1.91. The lowest BCUT2D eigenvalue weighted by molar-refractivity contribution is 0.569. The van der Waals surface area contributed by atoms with Crippen molar-refractivity contribution in [1.82, 2.24) is 9.97 Å². The summed E-state index contributed by atoms with van der Waals surface area (Å²) in [4.78, 5) is 6.98. The zero-order valence-electron chi connectivity index (χ0n) is 4.51. The van der Waals surface area contributed by atoms with Crippen molar-refractivity contribution < 1.29 is 4.39 Å². The highest BCUT2D eigenvalue weighted by Gasteiger charge is 1.97. The summed E-state index contributed by atoms with van der Waals surface area (Å²) in [5.74, 6) is -0.457. The van der Waals surface area contributed by atoms with Crippen LogP contribution in [0.25, 0.3) is 0 Å². The minimum Gasteiger partial charge on any atom is -0.244 e. The van der Waals surface area contributed by atoms with Gasteiger partial charge in [0.2, 0.25) is 5.95 Å². The van der Waals surface area contributed by atoms with Crippen LogP contribution >= 0.6 is 15.9 Å². The minimum absolute atomic E-state index is 0.457. The molecular formula is C5H4BrFN2. The third kappa shape index (κ3) is 1.45. The fraction of sp³-hybridized carbons (Fsp3) is 0.200. The van der Waals surface area contributed by atoms with Gasteiger partial charge in [0.1, 0.15) is 6.33 Å². The second-order valence-corrected chi connectivity index (χ2v) is 2.03. The first-order valence-electron chi connectivity index (χ1n) is 2.35. The molecule has 0 spiro atoms. The van der Waals surface area contributed by atoms with Gasteiger partial charge in [-0.15, -0.1) is 0 Å². The quantitative estimate of drug-likeness (QED) is 0.496. The molecule has 0 aliphatic carbocycles. The molecule has 4 heteroatoms. The van der Waals surface area contributed by atoms with Gasteiger partial charge in [-0.2, -0.15) is 4.39 Å². The largest absolute Gasteiger partial charge is 0.244 e. The first-order valence-corrected chi connectivity index (χ1v) is 3.47. The van der Waals surface area contributed by atoms with Crippen molar-refractivity contribution in [2.24, 2.45) is 0 Å². The van der Waals surface area contributed by atoms with Crippen LogP contribution in [0.15, 0.2) is 12.5 Å². The summed E-state index contributed by atoms with van der Waals surface area (Å²) in [5, 5.41) is 0.458. The Morgan fingerprint density at radius 3 is 2.89 bits per heavy atom. The van der Waals surface area contributed by atoms with E-state index in [1.165, 1.54) is 12.5 Å². The standard InChI is InChI=1S/C5H4BrFN2/c6-1-4-2-8-3-9-5(4)7/h2-3H,1H2. The first kappa shape index (κ1) is 6.61. The normalized spacial score (nSPS) is 9.56. The molecule has 0 saturated carbocycles. The van der Waals surface area contributed by atoms with Crippen LogP contribution in [-0.2, 0) is 5.33 Å². The number of hydrogen-bond acceptors (Lipinski definition) is 2. The summed E-state index contributed by atoms with van der Waals surface area (Å²) in [6, 6.07) is 0. The van der Waals surface area contributed by atoms with Gasteiger partial charge in [0.05, 0.1) is 0 Å². The molecule has 1 aromatic heterocycles. The minimum atomic E-state index is -0.457. The lowest BCUT2D eigenvalue weighted by atomic mass is 10.4. The third-order valence-corrected chi connectivity index (χ3v) is 1.48. The molecule has 0 atom stereocenters. The molecule has 2 nitrogen and oxygen atoms in total. The highest BCUT2D eigenvalue weighted by Crippen LogP contribution is 2.04. The number of rotatable bonds is 1. The van der Waals surface area contributed by atoms with E-state index in [4.69, 9.17) is 0 Å². The summed E-state index contributed by atoms with van der Waals surface area (Å²) < 4.78 is 12.4. The van der Waals surface area contributed by atoms with Crippen molar-refractivity contribution in [3.63, 3.8) is 0 Å². The van der Waals surface area contributed by atoms with Gasteiger partial charge in [0, 0.05) is 17.1 Å². The van der Waals surface area contributed by atoms with Crippen molar-refractivity contribution in [2.45, 2.75) is 5.33 Å². The van der Waals surface area contributed by atoms with Gasteiger partial charge in [0.25, 0.3) is 0 Å². The molecule has 0 aliphatic heterocycles. The maximum Gasteiger partial charge on any atom is 0.219 e. The van der Waals surface area contributed by atoms with Gasteiger partial charge in [0.15, 0.2) is 0 Å². The topological polar surface area (TPSA) is 25.8 Å². The molecule has 1 rings (SSSR count). The van der Waals surface area contributed by atoms with Crippen molar-refractivity contribution in [3.05, 3.63) is 24.0 Å². The van der Waals surface area contributed by atoms with E-state index in [-0.39, 0.29) is 0 Å². The van der Waals surface area contributed by atoms with Crippen LogP contribution in [0.2, 0.25) is 0 Å². The van der Waals surface area contributed by atoms with Crippen LogP contribution < -0.4 is 0 Å². The Morgan fingerprint density at radius 2 is 2.44 bits per heavy atom. The van der Waals surface area contributed by atoms with Crippen molar-refractivity contribution in [2.75, 3.05) is 0 Å². The maximum absolute atomic E-state index is 12.4. The van der Waals surface area contributed by atoms with E-state index >= 15 is 0 Å². The Morgan fingerprint density at radius 1 is 1.67 bits per heavy atom. The first-order chi connectivity index (χ1) is 4.34. The summed E-state index contributed by atoms with van der Waals surface area (Å²) >= 11 is 3.09. The summed E-state index contributed by atoms with van der Waals surface area (Å²) in [7, 11) is 0. The van der Waals surface area contributed by atoms with Crippen molar-refractivity contribution >= 4 is 15.9 Å². The third-order valence-electron chi connectivity index (χ3n) is 0.877. The Hall–Kier alpha value is -0.510. The average Bonchev–Trinajstić information content (AvgIpc) is 1.89. The number of nitrogens with zero attached hydrogens (tertiary/aromatic N) is 2. The Balaban J connectivity index is 3.01. The van der Waals surface area contributed by atoms with Gasteiger partial charge in [-0.25, -0.2) is 9.97 Å². The second kappa shape index (κ2) is 2.87. The molecule has 0 aliphatic rings. The molecule has 1 heterocycles. The highest BCUT2D eigenvalue weighted by molar-refractivity contribution is 9.08. The molecule has 0 fully saturated rings. The number of alkyl halides is 1. The molecule has 0 N–H and O–H groups in total. The molecule has 9 heavy (non-hydrogen) atoms. The number of aromatic nitrogens is 2. The number of halogens is 2. The van der Waals surface area contributed by atoms with E-state index in [1.807, 2.05) is 0 Å². The predicted octanol–water partition coefficient (Wildman–Crippen LogP) is 1.51. The van der Waals surface area contributed by atoms with E-state index in [1.54, 1.807) is 0 Å². The maximum atomic E-state index is 12.4. The Labute approximate surface area is 60.3 Å². The molecule has 0 amide bonds. The van der Waals surface area contributed by atoms with Crippen molar-refractivity contribution in [1.29, 1.82) is 0 Å².